The zero-order valence-corrected chi connectivity index (χ0v) is 14.1. The molecule has 0 saturated heterocycles. The largest absolute Gasteiger partial charge is 0.478 e. The minimum Gasteiger partial charge on any atom is -0.478 e. The third-order valence-corrected chi connectivity index (χ3v) is 4.11. The number of hydrogen-bond donors (Lipinski definition) is 1. The van der Waals surface area contributed by atoms with E-state index in [0.717, 1.165) is 0 Å². The molecule has 26 heavy (non-hydrogen) atoms. The van der Waals surface area contributed by atoms with Gasteiger partial charge in [-0.05, 0) is 31.2 Å². The molecule has 2 rings (SSSR count). The Morgan fingerprint density at radius 2 is 1.35 bits per heavy atom. The molecular weight excluding hydrogens is 344 g/mol. The minimum absolute atomic E-state index is 0.0486. The van der Waals surface area contributed by atoms with E-state index >= 15 is 0 Å². The molecular formula is C19H17F2NO4. The summed E-state index contributed by atoms with van der Waals surface area (Å²) < 4.78 is 25.2. The number of carboxylic acids is 1. The summed E-state index contributed by atoms with van der Waals surface area (Å²) in [7, 11) is 1.45. The summed E-state index contributed by atoms with van der Waals surface area (Å²) in [5.41, 5.74) is 0.331. The van der Waals surface area contributed by atoms with Crippen molar-refractivity contribution in [2.45, 2.75) is 19.4 Å². The van der Waals surface area contributed by atoms with Crippen molar-refractivity contribution in [1.29, 1.82) is 0 Å². The lowest BCUT2D eigenvalue weighted by molar-refractivity contribution is 0.0673. The maximum atomic E-state index is 12.6. The first kappa shape index (κ1) is 19.2. The lowest BCUT2D eigenvalue weighted by Crippen LogP contribution is -2.40. The number of aromatic carboxylic acids is 1. The predicted octanol–water partition coefficient (Wildman–Crippen LogP) is 3.67. The van der Waals surface area contributed by atoms with Gasteiger partial charge in [0.1, 0.15) is 0 Å². The molecule has 0 aliphatic heterocycles. The highest BCUT2D eigenvalue weighted by Crippen LogP contribution is 2.20. The highest BCUT2D eigenvalue weighted by Gasteiger charge is 2.24. The molecule has 0 fully saturated rings. The fourth-order valence-corrected chi connectivity index (χ4v) is 2.34. The number of carbonyl (C=O) groups is 3. The van der Waals surface area contributed by atoms with Gasteiger partial charge in [0, 0.05) is 23.7 Å². The topological polar surface area (TPSA) is 74.7 Å². The van der Waals surface area contributed by atoms with Crippen molar-refractivity contribution in [3.8, 4) is 0 Å². The number of carboxylic acid groups (broad SMARTS) is 1. The second-order valence-electron chi connectivity index (χ2n) is 5.76. The fourth-order valence-electron chi connectivity index (χ4n) is 2.34. The number of carbonyl (C=O) groups excluding carboxylic acids is 2. The molecule has 2 aromatic carbocycles. The summed E-state index contributed by atoms with van der Waals surface area (Å²) in [5.74, 6) is -1.94. The Hall–Kier alpha value is -3.09. The monoisotopic (exact) mass is 361 g/mol. The number of ketones is 1. The number of likely N-dealkylation sites (N-methyl/N-ethyl adjacent to an activating group) is 1. The summed E-state index contributed by atoms with van der Waals surface area (Å²) in [4.78, 5) is 37.0. The summed E-state index contributed by atoms with van der Waals surface area (Å²) in [5, 5.41) is 8.88. The number of alkyl halides is 2. The molecule has 0 aromatic heterocycles. The Labute approximate surface area is 148 Å². The maximum Gasteiger partial charge on any atom is 0.335 e. The fraction of sp³-hybridized carbons (Fsp3) is 0.211. The molecule has 5 nitrogen and oxygen atoms in total. The SMILES string of the molecule is CC(C(=O)c1ccc(C(F)F)cc1)N(C)C(=O)c1ccc(C(=O)O)cc1. The van der Waals surface area contributed by atoms with Crippen LogP contribution in [0.5, 0.6) is 0 Å². The van der Waals surface area contributed by atoms with Crippen LogP contribution in [0.3, 0.4) is 0 Å². The number of hydrogen-bond acceptors (Lipinski definition) is 3. The van der Waals surface area contributed by atoms with Crippen molar-refractivity contribution in [3.63, 3.8) is 0 Å². The lowest BCUT2D eigenvalue weighted by atomic mass is 10.0. The molecule has 1 N–H and O–H groups in total. The minimum atomic E-state index is -2.62. The molecule has 0 heterocycles. The van der Waals surface area contributed by atoms with Crippen LogP contribution in [0.25, 0.3) is 0 Å². The van der Waals surface area contributed by atoms with Crippen LogP contribution >= 0.6 is 0 Å². The molecule has 136 valence electrons. The Morgan fingerprint density at radius 1 is 0.885 bits per heavy atom. The van der Waals surface area contributed by atoms with E-state index in [1.54, 1.807) is 0 Å². The van der Waals surface area contributed by atoms with E-state index in [4.69, 9.17) is 5.11 Å². The summed E-state index contributed by atoms with van der Waals surface area (Å²) in [6, 6.07) is 9.50. The van der Waals surface area contributed by atoms with Crippen LogP contribution in [0.2, 0.25) is 0 Å². The molecule has 0 spiro atoms. The van der Waals surface area contributed by atoms with Gasteiger partial charge in [-0.15, -0.1) is 0 Å². The standard InChI is InChI=1S/C19H17F2NO4/c1-11(16(23)12-3-5-13(6-4-12)17(20)21)22(2)18(24)14-7-9-15(10-8-14)19(25)26/h3-11,17H,1-2H3,(H,25,26). The Morgan fingerprint density at radius 3 is 1.81 bits per heavy atom. The van der Waals surface area contributed by atoms with Crippen molar-refractivity contribution in [1.82, 2.24) is 4.90 Å². The van der Waals surface area contributed by atoms with Gasteiger partial charge >= 0.3 is 5.97 Å². The Kier molecular flexibility index (Phi) is 5.82. The molecule has 0 bridgehead atoms. The van der Waals surface area contributed by atoms with E-state index in [1.165, 1.54) is 67.4 Å². The van der Waals surface area contributed by atoms with Gasteiger partial charge in [0.15, 0.2) is 5.78 Å². The van der Waals surface area contributed by atoms with E-state index in [9.17, 15) is 23.2 Å². The van der Waals surface area contributed by atoms with Crippen LogP contribution in [-0.2, 0) is 0 Å². The van der Waals surface area contributed by atoms with Gasteiger partial charge in [0.2, 0.25) is 0 Å². The number of halogens is 2. The number of benzene rings is 2. The predicted molar refractivity (Wildman–Crippen MR) is 90.7 cm³/mol. The molecule has 0 radical (unpaired) electrons. The Balaban J connectivity index is 2.14. The lowest BCUT2D eigenvalue weighted by Gasteiger charge is -2.24. The average Bonchev–Trinajstić information content (AvgIpc) is 2.65. The molecule has 1 atom stereocenters. The van der Waals surface area contributed by atoms with Gasteiger partial charge in [-0.3, -0.25) is 9.59 Å². The van der Waals surface area contributed by atoms with Crippen molar-refractivity contribution in [2.75, 3.05) is 7.05 Å². The second-order valence-corrected chi connectivity index (χ2v) is 5.76. The molecule has 2 aromatic rings. The van der Waals surface area contributed by atoms with Crippen molar-refractivity contribution in [2.24, 2.45) is 0 Å². The van der Waals surface area contributed by atoms with Gasteiger partial charge in [-0.25, -0.2) is 13.6 Å². The average molecular weight is 361 g/mol. The third kappa shape index (κ3) is 4.11. The van der Waals surface area contributed by atoms with Crippen LogP contribution in [0.4, 0.5) is 8.78 Å². The van der Waals surface area contributed by atoms with Crippen LogP contribution in [0.1, 0.15) is 50.0 Å². The molecule has 7 heteroatoms. The van der Waals surface area contributed by atoms with E-state index in [0.29, 0.717) is 0 Å². The quantitative estimate of drug-likeness (QED) is 0.797. The van der Waals surface area contributed by atoms with E-state index in [-0.39, 0.29) is 28.0 Å². The first-order valence-electron chi connectivity index (χ1n) is 7.75. The van der Waals surface area contributed by atoms with Gasteiger partial charge in [0.05, 0.1) is 11.6 Å². The maximum absolute atomic E-state index is 12.6. The van der Waals surface area contributed by atoms with E-state index in [2.05, 4.69) is 0 Å². The van der Waals surface area contributed by atoms with E-state index in [1.807, 2.05) is 0 Å². The Bertz CT molecular complexity index is 816. The molecule has 0 saturated carbocycles. The summed E-state index contributed by atoms with van der Waals surface area (Å²) in [6.07, 6.45) is -2.62. The first-order valence-corrected chi connectivity index (χ1v) is 7.75. The van der Waals surface area contributed by atoms with Gasteiger partial charge in [-0.1, -0.05) is 24.3 Å². The van der Waals surface area contributed by atoms with Crippen molar-refractivity contribution in [3.05, 3.63) is 70.8 Å². The summed E-state index contributed by atoms with van der Waals surface area (Å²) in [6.45, 7) is 1.53. The van der Waals surface area contributed by atoms with Gasteiger partial charge < -0.3 is 10.0 Å². The molecule has 1 amide bonds. The van der Waals surface area contributed by atoms with Crippen LogP contribution < -0.4 is 0 Å². The molecule has 0 aliphatic carbocycles. The number of amides is 1. The highest BCUT2D eigenvalue weighted by atomic mass is 19.3. The summed E-state index contributed by atoms with van der Waals surface area (Å²) >= 11 is 0. The molecule has 0 aliphatic rings. The van der Waals surface area contributed by atoms with Crippen LogP contribution in [0, 0.1) is 0 Å². The normalized spacial score (nSPS) is 11.9. The van der Waals surface area contributed by atoms with Gasteiger partial charge in [0.25, 0.3) is 12.3 Å². The number of rotatable bonds is 6. The second kappa shape index (κ2) is 7.86. The highest BCUT2D eigenvalue weighted by molar-refractivity contribution is 6.04. The van der Waals surface area contributed by atoms with Crippen LogP contribution in [-0.4, -0.2) is 40.8 Å². The van der Waals surface area contributed by atoms with E-state index < -0.39 is 24.3 Å². The van der Waals surface area contributed by atoms with Crippen LogP contribution in [0.15, 0.2) is 48.5 Å². The zero-order valence-electron chi connectivity index (χ0n) is 14.1. The van der Waals surface area contributed by atoms with Crippen molar-refractivity contribution >= 4 is 17.7 Å². The third-order valence-electron chi connectivity index (χ3n) is 4.11. The zero-order chi connectivity index (χ0) is 19.4. The van der Waals surface area contributed by atoms with Gasteiger partial charge in [-0.2, -0.15) is 0 Å². The number of Topliss-reactive ketones (excluding diaryl/α,β-unsaturated/α-hetero) is 1. The molecule has 1 unspecified atom stereocenters. The number of nitrogens with zero attached hydrogens (tertiary/aromatic N) is 1. The smallest absolute Gasteiger partial charge is 0.335 e. The van der Waals surface area contributed by atoms with Crippen molar-refractivity contribution < 1.29 is 28.3 Å². The first-order chi connectivity index (χ1) is 12.2.